The van der Waals surface area contributed by atoms with Crippen LogP contribution in [0.15, 0.2) is 245 Å². The molecule has 0 amide bonds. The molecule has 11 aromatic carbocycles. The van der Waals surface area contributed by atoms with Crippen molar-refractivity contribution in [3.05, 3.63) is 247 Å². The Bertz CT molecular complexity index is 4220. The van der Waals surface area contributed by atoms with Gasteiger partial charge in [-0.15, -0.1) is 0 Å². The van der Waals surface area contributed by atoms with Gasteiger partial charge >= 0.3 is 0 Å². The number of fused-ring (bicyclic) bond motifs is 11. The van der Waals surface area contributed by atoms with Crippen molar-refractivity contribution in [3.63, 3.8) is 0 Å². The molecule has 0 saturated heterocycles. The van der Waals surface area contributed by atoms with Crippen LogP contribution in [0.1, 0.15) is 22.9 Å². The molecule has 1 aliphatic rings. The van der Waals surface area contributed by atoms with E-state index < -0.39 is 6.17 Å². The second-order valence-corrected chi connectivity index (χ2v) is 17.8. The van der Waals surface area contributed by atoms with E-state index in [2.05, 4.69) is 240 Å². The lowest BCUT2D eigenvalue weighted by molar-refractivity contribution is 0.663. The van der Waals surface area contributed by atoms with Crippen LogP contribution >= 0.6 is 0 Å². The van der Waals surface area contributed by atoms with Crippen LogP contribution in [0.25, 0.3) is 104 Å². The lowest BCUT2D eigenvalue weighted by atomic mass is 10.00. The van der Waals surface area contributed by atoms with Crippen LogP contribution in [0, 0.1) is 0 Å². The molecule has 0 bridgehead atoms. The van der Waals surface area contributed by atoms with Gasteiger partial charge in [0.25, 0.3) is 0 Å². The smallest absolute Gasteiger partial charge is 0.159 e. The Balaban J connectivity index is 1.05. The van der Waals surface area contributed by atoms with Gasteiger partial charge in [0, 0.05) is 49.7 Å². The molecule has 1 atom stereocenters. The third-order valence-corrected chi connectivity index (χ3v) is 13.8. The molecule has 5 heteroatoms. The minimum atomic E-state index is -0.551. The van der Waals surface area contributed by atoms with Gasteiger partial charge < -0.3 is 14.3 Å². The Morgan fingerprint density at radius 2 is 1.00 bits per heavy atom. The summed E-state index contributed by atoms with van der Waals surface area (Å²) in [4.78, 5) is 11.0. The van der Waals surface area contributed by atoms with Crippen molar-refractivity contribution in [2.24, 2.45) is 9.98 Å². The lowest BCUT2D eigenvalue weighted by Crippen LogP contribution is -2.34. The first-order chi connectivity index (χ1) is 33.7. The topological polar surface area (TPSA) is 54.8 Å². The van der Waals surface area contributed by atoms with Crippen LogP contribution < -0.4 is 5.32 Å². The second-order valence-electron chi connectivity index (χ2n) is 17.8. The zero-order valence-electron chi connectivity index (χ0n) is 36.8. The van der Waals surface area contributed by atoms with Gasteiger partial charge in [-0.3, -0.25) is 0 Å². The third kappa shape index (κ3) is 6.17. The van der Waals surface area contributed by atoms with E-state index in [0.29, 0.717) is 5.84 Å². The maximum absolute atomic E-state index is 7.00. The highest BCUT2D eigenvalue weighted by Gasteiger charge is 2.28. The zero-order valence-corrected chi connectivity index (χ0v) is 36.8. The molecule has 0 radical (unpaired) electrons. The van der Waals surface area contributed by atoms with E-state index >= 15 is 0 Å². The van der Waals surface area contributed by atoms with Crippen molar-refractivity contribution in [2.75, 3.05) is 0 Å². The van der Waals surface area contributed by atoms with Gasteiger partial charge in [0.15, 0.2) is 5.84 Å². The van der Waals surface area contributed by atoms with Gasteiger partial charge in [0.05, 0.1) is 16.7 Å². The largest absolute Gasteiger partial charge is 0.455 e. The minimum absolute atomic E-state index is 0.551. The fraction of sp³-hybridized carbons (Fsp3) is 0.0159. The summed E-state index contributed by atoms with van der Waals surface area (Å²) in [5.41, 5.74) is 12.4. The summed E-state index contributed by atoms with van der Waals surface area (Å²) in [6, 6.07) is 82.3. The summed E-state index contributed by atoms with van der Waals surface area (Å²) in [7, 11) is 0. The van der Waals surface area contributed by atoms with Gasteiger partial charge in [0.2, 0.25) is 0 Å². The number of nitrogens with one attached hydrogen (secondary N) is 1. The molecule has 318 valence electrons. The van der Waals surface area contributed by atoms with Gasteiger partial charge in [0.1, 0.15) is 23.2 Å². The molecule has 2 aromatic heterocycles. The molecule has 5 nitrogen and oxygen atoms in total. The highest BCUT2D eigenvalue weighted by Crippen LogP contribution is 2.44. The van der Waals surface area contributed by atoms with Crippen LogP contribution in [-0.2, 0) is 0 Å². The van der Waals surface area contributed by atoms with Crippen LogP contribution in [0.4, 0.5) is 0 Å². The molecule has 68 heavy (non-hydrogen) atoms. The van der Waals surface area contributed by atoms with Crippen molar-refractivity contribution < 1.29 is 4.42 Å². The number of rotatable bonds is 6. The van der Waals surface area contributed by atoms with Gasteiger partial charge in [-0.2, -0.15) is 0 Å². The Hall–Kier alpha value is -9.06. The summed E-state index contributed by atoms with van der Waals surface area (Å²) in [6.45, 7) is 0. The average Bonchev–Trinajstić information content (AvgIpc) is 3.95. The molecule has 0 aliphatic carbocycles. The fourth-order valence-electron chi connectivity index (χ4n) is 10.5. The van der Waals surface area contributed by atoms with E-state index in [-0.39, 0.29) is 0 Å². The van der Waals surface area contributed by atoms with Crippen molar-refractivity contribution in [2.45, 2.75) is 6.17 Å². The number of nitrogens with zero attached hydrogens (tertiary/aromatic N) is 3. The van der Waals surface area contributed by atoms with E-state index in [9.17, 15) is 0 Å². The molecular formula is C63H40N4O. The van der Waals surface area contributed by atoms with Crippen LogP contribution in [0.2, 0.25) is 0 Å². The standard InChI is InChI=1S/C63H40N4O/c1-3-14-39(15-4-1)41-26-28-44(29-27-41)61-64-62(48-23-13-22-45(34-48)40-16-5-2-6-17-40)66-63(65-61)54-37-52-51-32-30-43-19-10-12-25-50(43)60(51)68-58(52)38-57(54)67-55-33-31-42-18-9-11-24-49(42)59(55)53-35-46-20-7-8-21-47(46)36-56(53)67/h1-38,63H,(H,64,65,66). The normalized spacial score (nSPS) is 14.0. The Kier molecular flexibility index (Phi) is 8.58. The number of aromatic nitrogens is 1. The van der Waals surface area contributed by atoms with Crippen LogP contribution in [0.3, 0.4) is 0 Å². The zero-order chi connectivity index (χ0) is 44.7. The summed E-state index contributed by atoms with van der Waals surface area (Å²) in [6.07, 6.45) is -0.551. The van der Waals surface area contributed by atoms with Crippen molar-refractivity contribution in [1.82, 2.24) is 9.88 Å². The Morgan fingerprint density at radius 3 is 1.78 bits per heavy atom. The summed E-state index contributed by atoms with van der Waals surface area (Å²) >= 11 is 0. The maximum Gasteiger partial charge on any atom is 0.159 e. The van der Waals surface area contributed by atoms with Crippen molar-refractivity contribution in [3.8, 4) is 27.9 Å². The monoisotopic (exact) mass is 868 g/mol. The molecule has 13 aromatic rings. The molecule has 1 aliphatic heterocycles. The summed E-state index contributed by atoms with van der Waals surface area (Å²) in [5, 5.41) is 15.4. The predicted molar refractivity (Wildman–Crippen MR) is 283 cm³/mol. The molecule has 3 heterocycles. The molecular weight excluding hydrogens is 829 g/mol. The minimum Gasteiger partial charge on any atom is -0.455 e. The molecule has 1 N–H and O–H groups in total. The van der Waals surface area contributed by atoms with E-state index in [1.165, 1.54) is 32.3 Å². The van der Waals surface area contributed by atoms with Crippen molar-refractivity contribution >= 4 is 87.7 Å². The van der Waals surface area contributed by atoms with Gasteiger partial charge in [-0.1, -0.05) is 188 Å². The highest BCUT2D eigenvalue weighted by molar-refractivity contribution is 6.24. The Morgan fingerprint density at radius 1 is 0.397 bits per heavy atom. The van der Waals surface area contributed by atoms with Crippen LogP contribution in [-0.4, -0.2) is 16.2 Å². The van der Waals surface area contributed by atoms with Gasteiger partial charge in [-0.25, -0.2) is 9.98 Å². The molecule has 0 spiro atoms. The van der Waals surface area contributed by atoms with E-state index in [1.807, 2.05) is 0 Å². The molecule has 0 fully saturated rings. The number of benzene rings is 11. The third-order valence-electron chi connectivity index (χ3n) is 13.8. The maximum atomic E-state index is 7.00. The number of aliphatic imine (C=N–C) groups is 2. The second kappa shape index (κ2) is 15.3. The van der Waals surface area contributed by atoms with Gasteiger partial charge in [-0.05, 0) is 85.6 Å². The lowest BCUT2D eigenvalue weighted by Gasteiger charge is -2.26. The first kappa shape index (κ1) is 38.2. The molecule has 14 rings (SSSR count). The summed E-state index contributed by atoms with van der Waals surface area (Å²) < 4.78 is 9.44. The first-order valence-corrected chi connectivity index (χ1v) is 23.2. The summed E-state index contributed by atoms with van der Waals surface area (Å²) in [5.74, 6) is 1.40. The van der Waals surface area contributed by atoms with Crippen LogP contribution in [0.5, 0.6) is 0 Å². The van der Waals surface area contributed by atoms with E-state index in [1.54, 1.807) is 0 Å². The van der Waals surface area contributed by atoms with E-state index in [0.717, 1.165) is 94.2 Å². The molecule has 1 unspecified atom stereocenters. The SMILES string of the molecule is c1ccc(-c2ccc(C3=NC(c4cc5c(cc4-n4c6cc7ccccc7cc6c6c7ccccc7ccc64)oc4c6ccccc6ccc54)NC(c4cccc(-c5ccccc5)c4)=N3)cc2)cc1. The number of amidine groups is 2. The predicted octanol–water partition coefficient (Wildman–Crippen LogP) is 16.0. The Labute approximate surface area is 391 Å². The average molecular weight is 869 g/mol. The fourth-order valence-corrected chi connectivity index (χ4v) is 10.5. The highest BCUT2D eigenvalue weighted by atomic mass is 16.3. The number of hydrogen-bond acceptors (Lipinski definition) is 4. The number of hydrogen-bond donors (Lipinski definition) is 1. The van der Waals surface area contributed by atoms with Crippen molar-refractivity contribution in [1.29, 1.82) is 0 Å². The van der Waals surface area contributed by atoms with E-state index in [4.69, 9.17) is 14.4 Å². The first-order valence-electron chi connectivity index (χ1n) is 23.2. The quantitative estimate of drug-likeness (QED) is 0.181. The molecule has 0 saturated carbocycles. The number of furan rings is 1.